The van der Waals surface area contributed by atoms with E-state index in [1.54, 1.807) is 12.2 Å². The Balaban J connectivity index is 2.23. The molecule has 0 nitrogen and oxygen atoms in total. The second kappa shape index (κ2) is 4.91. The highest BCUT2D eigenvalue weighted by atomic mass is 19.1. The Morgan fingerprint density at radius 3 is 2.24 bits per heavy atom. The summed E-state index contributed by atoms with van der Waals surface area (Å²) in [5, 5.41) is 0. The zero-order valence-corrected chi connectivity index (χ0v) is 9.45. The molecule has 86 valence electrons. The van der Waals surface area contributed by atoms with Gasteiger partial charge in [-0.25, -0.2) is 8.78 Å². The van der Waals surface area contributed by atoms with Gasteiger partial charge < -0.3 is 0 Å². The van der Waals surface area contributed by atoms with Crippen molar-refractivity contribution in [2.24, 2.45) is 0 Å². The molecule has 0 spiro atoms. The molecule has 0 aliphatic rings. The van der Waals surface area contributed by atoms with Gasteiger partial charge in [0, 0.05) is 11.6 Å². The van der Waals surface area contributed by atoms with E-state index in [0.717, 1.165) is 11.6 Å². The lowest BCUT2D eigenvalue weighted by Crippen LogP contribution is -1.83. The lowest BCUT2D eigenvalue weighted by atomic mass is 10.1. The van der Waals surface area contributed by atoms with Crippen LogP contribution in [0, 0.1) is 18.6 Å². The minimum Gasteiger partial charge on any atom is -0.207 e. The molecule has 0 unspecified atom stereocenters. The summed E-state index contributed by atoms with van der Waals surface area (Å²) in [7, 11) is 0. The van der Waals surface area contributed by atoms with Gasteiger partial charge in [0.15, 0.2) is 0 Å². The molecule has 0 aliphatic heterocycles. The number of halogens is 2. The van der Waals surface area contributed by atoms with Crippen LogP contribution in [0.1, 0.15) is 16.7 Å². The molecule has 0 radical (unpaired) electrons. The standard InChI is InChI=1S/C15H12F2/c1-11-2-4-12(5-3-11)6-7-13-8-9-14(16)10-15(13)17/h2-10H,1H3. The minimum absolute atomic E-state index is 0.381. The van der Waals surface area contributed by atoms with Gasteiger partial charge in [-0.05, 0) is 24.6 Å². The van der Waals surface area contributed by atoms with E-state index < -0.39 is 11.6 Å². The smallest absolute Gasteiger partial charge is 0.133 e. The molecule has 0 atom stereocenters. The van der Waals surface area contributed by atoms with Gasteiger partial charge in [-0.2, -0.15) is 0 Å². The summed E-state index contributed by atoms with van der Waals surface area (Å²) in [6.45, 7) is 2.01. The lowest BCUT2D eigenvalue weighted by Gasteiger charge is -1.98. The first-order chi connectivity index (χ1) is 8.15. The van der Waals surface area contributed by atoms with Crippen LogP contribution in [0.4, 0.5) is 8.78 Å². The fourth-order valence-electron chi connectivity index (χ4n) is 1.50. The third-order valence-corrected chi connectivity index (χ3v) is 2.50. The van der Waals surface area contributed by atoms with E-state index in [4.69, 9.17) is 0 Å². The van der Waals surface area contributed by atoms with Gasteiger partial charge in [0.1, 0.15) is 11.6 Å². The molecule has 0 aromatic heterocycles. The zero-order valence-electron chi connectivity index (χ0n) is 9.45. The van der Waals surface area contributed by atoms with Crippen molar-refractivity contribution < 1.29 is 8.78 Å². The van der Waals surface area contributed by atoms with Crippen molar-refractivity contribution in [3.05, 3.63) is 70.8 Å². The van der Waals surface area contributed by atoms with Gasteiger partial charge in [-0.3, -0.25) is 0 Å². The molecule has 2 aromatic rings. The number of hydrogen-bond donors (Lipinski definition) is 0. The summed E-state index contributed by atoms with van der Waals surface area (Å²) >= 11 is 0. The third kappa shape index (κ3) is 3.00. The highest BCUT2D eigenvalue weighted by Gasteiger charge is 1.99. The van der Waals surface area contributed by atoms with Crippen molar-refractivity contribution in [2.75, 3.05) is 0 Å². The van der Waals surface area contributed by atoms with Gasteiger partial charge in [0.25, 0.3) is 0 Å². The quantitative estimate of drug-likeness (QED) is 0.669. The van der Waals surface area contributed by atoms with Crippen molar-refractivity contribution in [2.45, 2.75) is 6.92 Å². The van der Waals surface area contributed by atoms with E-state index >= 15 is 0 Å². The predicted octanol–water partition coefficient (Wildman–Crippen LogP) is 4.44. The normalized spacial score (nSPS) is 11.0. The first-order valence-corrected chi connectivity index (χ1v) is 5.35. The van der Waals surface area contributed by atoms with Crippen LogP contribution in [-0.2, 0) is 0 Å². The summed E-state index contributed by atoms with van der Waals surface area (Å²) in [4.78, 5) is 0. The maximum absolute atomic E-state index is 13.3. The summed E-state index contributed by atoms with van der Waals surface area (Å²) in [6, 6.07) is 11.4. The van der Waals surface area contributed by atoms with Crippen LogP contribution in [0.25, 0.3) is 12.2 Å². The van der Waals surface area contributed by atoms with E-state index in [-0.39, 0.29) is 0 Å². The van der Waals surface area contributed by atoms with Crippen LogP contribution in [-0.4, -0.2) is 0 Å². The summed E-state index contributed by atoms with van der Waals surface area (Å²) in [6.07, 6.45) is 3.44. The van der Waals surface area contributed by atoms with Gasteiger partial charge in [0.05, 0.1) is 0 Å². The molecule has 0 bridgehead atoms. The number of hydrogen-bond acceptors (Lipinski definition) is 0. The van der Waals surface area contributed by atoms with Crippen LogP contribution in [0.5, 0.6) is 0 Å². The summed E-state index contributed by atoms with van der Waals surface area (Å²) < 4.78 is 26.0. The number of aryl methyl sites for hydroxylation is 1. The fourth-order valence-corrected chi connectivity index (χ4v) is 1.50. The fraction of sp³-hybridized carbons (Fsp3) is 0.0667. The Bertz CT molecular complexity index is 539. The molecular formula is C15H12F2. The van der Waals surface area contributed by atoms with E-state index in [1.807, 2.05) is 31.2 Å². The molecule has 0 aliphatic carbocycles. The van der Waals surface area contributed by atoms with Crippen LogP contribution in [0.3, 0.4) is 0 Å². The first kappa shape index (κ1) is 11.5. The minimum atomic E-state index is -0.560. The molecule has 17 heavy (non-hydrogen) atoms. The van der Waals surface area contributed by atoms with Crippen molar-refractivity contribution in [3.8, 4) is 0 Å². The van der Waals surface area contributed by atoms with Crippen LogP contribution in [0.2, 0.25) is 0 Å². The molecule has 0 heterocycles. The zero-order chi connectivity index (χ0) is 12.3. The SMILES string of the molecule is Cc1ccc(C=Cc2ccc(F)cc2F)cc1. The van der Waals surface area contributed by atoms with Crippen molar-refractivity contribution in [1.82, 2.24) is 0 Å². The Kier molecular flexibility index (Phi) is 3.33. The largest absolute Gasteiger partial charge is 0.207 e. The maximum Gasteiger partial charge on any atom is 0.133 e. The Morgan fingerprint density at radius 2 is 1.59 bits per heavy atom. The molecule has 2 rings (SSSR count). The third-order valence-electron chi connectivity index (χ3n) is 2.50. The predicted molar refractivity (Wildman–Crippen MR) is 66.5 cm³/mol. The highest BCUT2D eigenvalue weighted by Crippen LogP contribution is 2.13. The van der Waals surface area contributed by atoms with E-state index in [1.165, 1.54) is 17.7 Å². The van der Waals surface area contributed by atoms with Gasteiger partial charge in [-0.1, -0.05) is 42.0 Å². The molecule has 2 heteroatoms. The highest BCUT2D eigenvalue weighted by molar-refractivity contribution is 5.69. The monoisotopic (exact) mass is 230 g/mol. The van der Waals surface area contributed by atoms with Crippen LogP contribution >= 0.6 is 0 Å². The lowest BCUT2D eigenvalue weighted by molar-refractivity contribution is 0.581. The van der Waals surface area contributed by atoms with Crippen molar-refractivity contribution in [3.63, 3.8) is 0 Å². The molecule has 2 aromatic carbocycles. The molecular weight excluding hydrogens is 218 g/mol. The molecule has 0 amide bonds. The van der Waals surface area contributed by atoms with Crippen molar-refractivity contribution >= 4 is 12.2 Å². The Morgan fingerprint density at radius 1 is 0.882 bits per heavy atom. The van der Waals surface area contributed by atoms with Crippen LogP contribution < -0.4 is 0 Å². The van der Waals surface area contributed by atoms with E-state index in [2.05, 4.69) is 0 Å². The summed E-state index contributed by atoms with van der Waals surface area (Å²) in [5.41, 5.74) is 2.54. The number of benzene rings is 2. The summed E-state index contributed by atoms with van der Waals surface area (Å²) in [5.74, 6) is -1.11. The van der Waals surface area contributed by atoms with Gasteiger partial charge >= 0.3 is 0 Å². The number of rotatable bonds is 2. The topological polar surface area (TPSA) is 0 Å². The Hall–Kier alpha value is -1.96. The second-order valence-electron chi connectivity index (χ2n) is 3.91. The average Bonchev–Trinajstić information content (AvgIpc) is 2.30. The van der Waals surface area contributed by atoms with Crippen molar-refractivity contribution in [1.29, 1.82) is 0 Å². The average molecular weight is 230 g/mol. The van der Waals surface area contributed by atoms with Crippen LogP contribution in [0.15, 0.2) is 42.5 Å². The second-order valence-corrected chi connectivity index (χ2v) is 3.91. The van der Waals surface area contributed by atoms with Gasteiger partial charge in [-0.15, -0.1) is 0 Å². The first-order valence-electron chi connectivity index (χ1n) is 5.35. The molecule has 0 saturated heterocycles. The van der Waals surface area contributed by atoms with E-state index in [0.29, 0.717) is 5.56 Å². The maximum atomic E-state index is 13.3. The Labute approximate surface area is 99.2 Å². The molecule has 0 N–H and O–H groups in total. The molecule has 0 fully saturated rings. The molecule has 0 saturated carbocycles. The van der Waals surface area contributed by atoms with Gasteiger partial charge in [0.2, 0.25) is 0 Å². The van der Waals surface area contributed by atoms with E-state index in [9.17, 15) is 8.78 Å².